The Hall–Kier alpha value is -1.44. The summed E-state index contributed by atoms with van der Waals surface area (Å²) in [6.45, 7) is 7.83. The number of rotatable bonds is 5. The average molecular weight is 433 g/mol. The fraction of sp³-hybridized carbons (Fsp3) is 0.739. The molecule has 1 atom stereocenters. The molecule has 3 aliphatic rings. The van der Waals surface area contributed by atoms with Crippen LogP contribution in [0.1, 0.15) is 52.2 Å². The molecule has 0 radical (unpaired) electrons. The zero-order valence-corrected chi connectivity index (χ0v) is 19.1. The third-order valence-corrected chi connectivity index (χ3v) is 8.11. The van der Waals surface area contributed by atoms with Gasteiger partial charge in [-0.2, -0.15) is 0 Å². The molecule has 6 nitrogen and oxygen atoms in total. The second-order valence-corrected chi connectivity index (χ2v) is 10.3. The number of nitrogens with one attached hydrogen (secondary N) is 1. The van der Waals surface area contributed by atoms with E-state index < -0.39 is 0 Å². The second-order valence-electron chi connectivity index (χ2n) is 9.14. The van der Waals surface area contributed by atoms with Crippen LogP contribution >= 0.6 is 11.3 Å². The number of hydrogen-bond acceptors (Lipinski definition) is 5. The summed E-state index contributed by atoms with van der Waals surface area (Å²) < 4.78 is 0. The van der Waals surface area contributed by atoms with Crippen molar-refractivity contribution in [2.45, 2.75) is 44.9 Å². The first-order chi connectivity index (χ1) is 14.6. The number of carbonyl (C=O) groups excluding carboxylic acids is 2. The summed E-state index contributed by atoms with van der Waals surface area (Å²) in [6.07, 6.45) is 7.29. The number of aryl methyl sites for hydroxylation is 1. The van der Waals surface area contributed by atoms with E-state index in [0.717, 1.165) is 89.3 Å². The van der Waals surface area contributed by atoms with Gasteiger partial charge in [0.15, 0.2) is 0 Å². The van der Waals surface area contributed by atoms with Crippen molar-refractivity contribution >= 4 is 23.2 Å². The molecule has 0 saturated carbocycles. The van der Waals surface area contributed by atoms with Crippen LogP contribution in [0.2, 0.25) is 0 Å². The number of hydrogen-bond donors (Lipinski definition) is 1. The van der Waals surface area contributed by atoms with Gasteiger partial charge in [-0.25, -0.2) is 0 Å². The van der Waals surface area contributed by atoms with Crippen molar-refractivity contribution in [1.82, 2.24) is 20.0 Å². The molecule has 2 aliphatic heterocycles. The lowest BCUT2D eigenvalue weighted by Gasteiger charge is -2.32. The van der Waals surface area contributed by atoms with Gasteiger partial charge >= 0.3 is 0 Å². The van der Waals surface area contributed by atoms with E-state index in [2.05, 4.69) is 28.2 Å². The number of nitrogens with zero attached hydrogens (tertiary/aromatic N) is 3. The van der Waals surface area contributed by atoms with Crippen LogP contribution in [0.3, 0.4) is 0 Å². The Balaban J connectivity index is 1.27. The van der Waals surface area contributed by atoms with E-state index in [1.165, 1.54) is 23.3 Å². The Labute approximate surface area is 184 Å². The van der Waals surface area contributed by atoms with E-state index in [1.807, 2.05) is 4.90 Å². The summed E-state index contributed by atoms with van der Waals surface area (Å²) in [5.74, 6) is 0.423. The lowest BCUT2D eigenvalue weighted by Crippen LogP contribution is -2.47. The maximum atomic E-state index is 12.9. The van der Waals surface area contributed by atoms with E-state index in [0.29, 0.717) is 0 Å². The molecule has 0 unspecified atom stereocenters. The molecule has 1 N–H and O–H groups in total. The first-order valence-corrected chi connectivity index (χ1v) is 12.5. The van der Waals surface area contributed by atoms with Gasteiger partial charge in [0, 0.05) is 63.2 Å². The normalized spacial score (nSPS) is 23.6. The number of likely N-dealkylation sites (tertiary alicyclic amines) is 1. The third kappa shape index (κ3) is 5.42. The Bertz CT molecular complexity index is 734. The molecule has 3 heterocycles. The third-order valence-electron chi connectivity index (χ3n) is 6.88. The highest BCUT2D eigenvalue weighted by molar-refractivity contribution is 7.14. The van der Waals surface area contributed by atoms with Crippen molar-refractivity contribution in [3.8, 4) is 0 Å². The molecule has 7 heteroatoms. The van der Waals surface area contributed by atoms with E-state index in [9.17, 15) is 9.59 Å². The van der Waals surface area contributed by atoms with Gasteiger partial charge in [0.2, 0.25) is 5.91 Å². The largest absolute Gasteiger partial charge is 0.355 e. The number of fused-ring (bicyclic) bond motifs is 1. The highest BCUT2D eigenvalue weighted by atomic mass is 32.1. The molecule has 30 heavy (non-hydrogen) atoms. The topological polar surface area (TPSA) is 55.9 Å². The zero-order valence-electron chi connectivity index (χ0n) is 18.3. The molecule has 1 aliphatic carbocycles. The number of amides is 2. The summed E-state index contributed by atoms with van der Waals surface area (Å²) >= 11 is 1.66. The van der Waals surface area contributed by atoms with Gasteiger partial charge in [-0.05, 0) is 50.8 Å². The number of piperazine rings is 1. The van der Waals surface area contributed by atoms with Gasteiger partial charge in [0.05, 0.1) is 4.88 Å². The van der Waals surface area contributed by atoms with Gasteiger partial charge in [0.1, 0.15) is 0 Å². The van der Waals surface area contributed by atoms with Gasteiger partial charge < -0.3 is 15.1 Å². The molecule has 1 aromatic rings. The summed E-state index contributed by atoms with van der Waals surface area (Å²) in [4.78, 5) is 34.7. The van der Waals surface area contributed by atoms with Gasteiger partial charge in [-0.1, -0.05) is 12.8 Å². The smallest absolute Gasteiger partial charge is 0.263 e. The fourth-order valence-electron chi connectivity index (χ4n) is 4.84. The van der Waals surface area contributed by atoms with E-state index in [1.54, 1.807) is 11.3 Å². The van der Waals surface area contributed by atoms with Gasteiger partial charge in [-0.15, -0.1) is 11.3 Å². The monoisotopic (exact) mass is 432 g/mol. The fourth-order valence-corrected chi connectivity index (χ4v) is 6.01. The Morgan fingerprint density at radius 1 is 1.07 bits per heavy atom. The summed E-state index contributed by atoms with van der Waals surface area (Å²) in [5, 5.41) is 3.16. The number of thiophene rings is 1. The van der Waals surface area contributed by atoms with Gasteiger partial charge in [0.25, 0.3) is 5.91 Å². The summed E-state index contributed by atoms with van der Waals surface area (Å²) in [7, 11) is 2.16. The van der Waals surface area contributed by atoms with E-state index in [4.69, 9.17) is 0 Å². The highest BCUT2D eigenvalue weighted by Gasteiger charge is 2.28. The summed E-state index contributed by atoms with van der Waals surface area (Å²) in [5.41, 5.74) is 1.23. The average Bonchev–Trinajstić information content (AvgIpc) is 2.99. The van der Waals surface area contributed by atoms with Crippen molar-refractivity contribution < 1.29 is 9.59 Å². The molecule has 0 aromatic carbocycles. The van der Waals surface area contributed by atoms with Crippen LogP contribution in [0.15, 0.2) is 6.07 Å². The van der Waals surface area contributed by atoms with Crippen molar-refractivity contribution in [3.05, 3.63) is 21.4 Å². The Morgan fingerprint density at radius 2 is 1.80 bits per heavy atom. The molecular formula is C23H36N4O2S. The van der Waals surface area contributed by atoms with Gasteiger partial charge in [-0.3, -0.25) is 14.5 Å². The molecule has 0 spiro atoms. The number of carbonyl (C=O) groups is 2. The van der Waals surface area contributed by atoms with Crippen LogP contribution in [0.5, 0.6) is 0 Å². The maximum absolute atomic E-state index is 12.9. The van der Waals surface area contributed by atoms with Crippen LogP contribution < -0.4 is 5.32 Å². The van der Waals surface area contributed by atoms with Crippen molar-refractivity contribution in [2.75, 3.05) is 59.4 Å². The van der Waals surface area contributed by atoms with Crippen LogP contribution in [0, 0.1) is 5.92 Å². The summed E-state index contributed by atoms with van der Waals surface area (Å²) in [6, 6.07) is 2.08. The minimum atomic E-state index is 0.0423. The van der Waals surface area contributed by atoms with Crippen molar-refractivity contribution in [1.29, 1.82) is 0 Å². The van der Waals surface area contributed by atoms with Crippen LogP contribution in [0.25, 0.3) is 0 Å². The first-order valence-electron chi connectivity index (χ1n) is 11.7. The molecule has 166 valence electrons. The molecule has 4 rings (SSSR count). The maximum Gasteiger partial charge on any atom is 0.263 e. The number of likely N-dealkylation sites (N-methyl/N-ethyl adjacent to an activating group) is 1. The Morgan fingerprint density at radius 3 is 2.53 bits per heavy atom. The molecule has 2 fully saturated rings. The Kier molecular flexibility index (Phi) is 7.44. The second kappa shape index (κ2) is 10.2. The van der Waals surface area contributed by atoms with Crippen molar-refractivity contribution in [3.63, 3.8) is 0 Å². The minimum Gasteiger partial charge on any atom is -0.355 e. The van der Waals surface area contributed by atoms with Crippen LogP contribution in [-0.2, 0) is 17.6 Å². The molecule has 2 saturated heterocycles. The van der Waals surface area contributed by atoms with Crippen molar-refractivity contribution in [2.24, 2.45) is 5.92 Å². The molecular weight excluding hydrogens is 396 g/mol. The lowest BCUT2D eigenvalue weighted by atomic mass is 9.87. The predicted octanol–water partition coefficient (Wildman–Crippen LogP) is 2.23. The highest BCUT2D eigenvalue weighted by Crippen LogP contribution is 2.33. The van der Waals surface area contributed by atoms with E-state index >= 15 is 0 Å². The lowest BCUT2D eigenvalue weighted by molar-refractivity contribution is -0.125. The SMILES string of the molecule is CN1CCN(CCNC(=O)[C@H]2CCc3sc(C(=O)N4CCCCCC4)cc3C2)CC1. The predicted molar refractivity (Wildman–Crippen MR) is 121 cm³/mol. The van der Waals surface area contributed by atoms with Crippen LogP contribution in [0.4, 0.5) is 0 Å². The molecule has 1 aromatic heterocycles. The van der Waals surface area contributed by atoms with Crippen LogP contribution in [-0.4, -0.2) is 85.9 Å². The molecule has 2 amide bonds. The molecule has 0 bridgehead atoms. The minimum absolute atomic E-state index is 0.0423. The van der Waals surface area contributed by atoms with E-state index in [-0.39, 0.29) is 17.7 Å². The standard InChI is InChI=1S/C23H36N4O2S/c1-25-12-14-26(15-13-25)11-8-24-22(28)18-6-7-20-19(16-18)17-21(30-20)23(29)27-9-4-2-3-5-10-27/h17-18H,2-16H2,1H3,(H,24,28)/t18-/m0/s1. The quantitative estimate of drug-likeness (QED) is 0.775. The zero-order chi connectivity index (χ0) is 20.9. The first kappa shape index (κ1) is 21.8.